The van der Waals surface area contributed by atoms with E-state index in [1.165, 1.54) is 22.3 Å². The van der Waals surface area contributed by atoms with E-state index >= 15 is 0 Å². The number of tetrazole rings is 1. The molecular formula is C24H28N6O. The average Bonchev–Trinajstić information content (AvgIpc) is 3.41. The third-order valence-corrected chi connectivity index (χ3v) is 6.42. The molecule has 0 saturated heterocycles. The number of aromatic nitrogens is 4. The van der Waals surface area contributed by atoms with Crippen LogP contribution in [0, 0.1) is 0 Å². The molecule has 31 heavy (non-hydrogen) atoms. The van der Waals surface area contributed by atoms with Crippen molar-refractivity contribution in [3.8, 4) is 0 Å². The van der Waals surface area contributed by atoms with Crippen molar-refractivity contribution in [3.05, 3.63) is 76.6 Å². The highest BCUT2D eigenvalue weighted by atomic mass is 16.1. The van der Waals surface area contributed by atoms with Gasteiger partial charge in [-0.05, 0) is 58.4 Å². The lowest BCUT2D eigenvalue weighted by Crippen LogP contribution is -2.31. The second-order valence-corrected chi connectivity index (χ2v) is 8.51. The number of nitrogens with zero attached hydrogens (tertiary/aromatic N) is 5. The molecule has 2 aliphatic rings. The summed E-state index contributed by atoms with van der Waals surface area (Å²) in [5, 5.41) is 15.5. The van der Waals surface area contributed by atoms with E-state index in [0.29, 0.717) is 13.0 Å². The SMILES string of the molecule is O=C(CCCn1nnnc1CN1CCc2ccccc2C1)NC1CCc2ccccc21. The molecule has 0 radical (unpaired) electrons. The van der Waals surface area contributed by atoms with Crippen LogP contribution >= 0.6 is 0 Å². The lowest BCUT2D eigenvalue weighted by atomic mass is 10.00. The van der Waals surface area contributed by atoms with Gasteiger partial charge in [-0.15, -0.1) is 5.10 Å². The van der Waals surface area contributed by atoms with Gasteiger partial charge in [0, 0.05) is 26.1 Å². The van der Waals surface area contributed by atoms with Gasteiger partial charge in [-0.2, -0.15) is 0 Å². The minimum absolute atomic E-state index is 0.101. The predicted molar refractivity (Wildman–Crippen MR) is 117 cm³/mol. The lowest BCUT2D eigenvalue weighted by Gasteiger charge is -2.28. The van der Waals surface area contributed by atoms with Gasteiger partial charge in [-0.3, -0.25) is 9.69 Å². The maximum atomic E-state index is 12.5. The zero-order valence-corrected chi connectivity index (χ0v) is 17.7. The molecule has 5 rings (SSSR count). The molecule has 0 fully saturated rings. The summed E-state index contributed by atoms with van der Waals surface area (Å²) in [5.41, 5.74) is 5.44. The molecule has 1 amide bonds. The minimum Gasteiger partial charge on any atom is -0.349 e. The fraction of sp³-hybridized carbons (Fsp3) is 0.417. The van der Waals surface area contributed by atoms with Gasteiger partial charge in [0.1, 0.15) is 0 Å². The van der Waals surface area contributed by atoms with Crippen LogP contribution in [-0.2, 0) is 37.3 Å². The number of hydrogen-bond acceptors (Lipinski definition) is 5. The molecule has 2 aromatic carbocycles. The molecule has 1 aromatic heterocycles. The van der Waals surface area contributed by atoms with Crippen molar-refractivity contribution >= 4 is 5.91 Å². The van der Waals surface area contributed by atoms with Crippen molar-refractivity contribution in [1.29, 1.82) is 0 Å². The number of carbonyl (C=O) groups excluding carboxylic acids is 1. The highest BCUT2D eigenvalue weighted by molar-refractivity contribution is 5.76. The largest absolute Gasteiger partial charge is 0.349 e. The Morgan fingerprint density at radius 1 is 1.03 bits per heavy atom. The molecule has 7 heteroatoms. The zero-order chi connectivity index (χ0) is 21.0. The Labute approximate surface area is 182 Å². The smallest absolute Gasteiger partial charge is 0.220 e. The molecule has 0 saturated carbocycles. The molecule has 1 N–H and O–H groups in total. The van der Waals surface area contributed by atoms with E-state index in [-0.39, 0.29) is 11.9 Å². The normalized spacial score (nSPS) is 17.9. The maximum Gasteiger partial charge on any atom is 0.220 e. The van der Waals surface area contributed by atoms with Crippen molar-refractivity contribution < 1.29 is 4.79 Å². The second-order valence-electron chi connectivity index (χ2n) is 8.51. The minimum atomic E-state index is 0.101. The number of aryl methyl sites for hydroxylation is 2. The Kier molecular flexibility index (Phi) is 5.76. The Hall–Kier alpha value is -3.06. The molecule has 1 aliphatic carbocycles. The summed E-state index contributed by atoms with van der Waals surface area (Å²) >= 11 is 0. The van der Waals surface area contributed by atoms with Gasteiger partial charge in [-0.1, -0.05) is 48.5 Å². The molecule has 0 bridgehead atoms. The van der Waals surface area contributed by atoms with Crippen LogP contribution in [0.3, 0.4) is 0 Å². The highest BCUT2D eigenvalue weighted by Crippen LogP contribution is 2.30. The Bertz CT molecular complexity index is 1060. The summed E-state index contributed by atoms with van der Waals surface area (Å²) < 4.78 is 1.85. The molecular weight excluding hydrogens is 388 g/mol. The molecule has 2 heterocycles. The highest BCUT2D eigenvalue weighted by Gasteiger charge is 2.23. The van der Waals surface area contributed by atoms with Gasteiger partial charge < -0.3 is 5.32 Å². The van der Waals surface area contributed by atoms with Crippen LogP contribution in [0.4, 0.5) is 0 Å². The number of fused-ring (bicyclic) bond motifs is 2. The van der Waals surface area contributed by atoms with Crippen molar-refractivity contribution in [2.45, 2.75) is 57.8 Å². The Balaban J connectivity index is 1.11. The Morgan fingerprint density at radius 3 is 2.74 bits per heavy atom. The van der Waals surface area contributed by atoms with Crippen LogP contribution in [0.1, 0.15) is 53.4 Å². The topological polar surface area (TPSA) is 75.9 Å². The molecule has 3 aromatic rings. The van der Waals surface area contributed by atoms with Crippen molar-refractivity contribution in [3.63, 3.8) is 0 Å². The number of hydrogen-bond donors (Lipinski definition) is 1. The van der Waals surface area contributed by atoms with Gasteiger partial charge in [0.25, 0.3) is 0 Å². The van der Waals surface area contributed by atoms with E-state index in [1.807, 2.05) is 10.7 Å². The number of amides is 1. The number of nitrogens with one attached hydrogen (secondary N) is 1. The zero-order valence-electron chi connectivity index (χ0n) is 17.7. The van der Waals surface area contributed by atoms with Gasteiger partial charge in [0.05, 0.1) is 12.6 Å². The van der Waals surface area contributed by atoms with Gasteiger partial charge in [0.2, 0.25) is 5.91 Å². The summed E-state index contributed by atoms with van der Waals surface area (Å²) in [4.78, 5) is 14.9. The number of carbonyl (C=O) groups is 1. The van der Waals surface area contributed by atoms with Crippen molar-refractivity contribution in [2.75, 3.05) is 6.54 Å². The van der Waals surface area contributed by atoms with Crippen LogP contribution in [0.2, 0.25) is 0 Å². The first-order valence-corrected chi connectivity index (χ1v) is 11.2. The van der Waals surface area contributed by atoms with Crippen LogP contribution in [0.25, 0.3) is 0 Å². The first-order chi connectivity index (χ1) is 15.3. The third kappa shape index (κ3) is 4.51. The van der Waals surface area contributed by atoms with E-state index < -0.39 is 0 Å². The molecule has 160 valence electrons. The molecule has 1 atom stereocenters. The van der Waals surface area contributed by atoms with Crippen molar-refractivity contribution in [2.24, 2.45) is 0 Å². The molecule has 0 spiro atoms. The van der Waals surface area contributed by atoms with E-state index in [0.717, 1.165) is 51.1 Å². The Morgan fingerprint density at radius 2 is 1.84 bits per heavy atom. The van der Waals surface area contributed by atoms with Crippen molar-refractivity contribution in [1.82, 2.24) is 30.4 Å². The molecule has 1 aliphatic heterocycles. The predicted octanol–water partition coefficient (Wildman–Crippen LogP) is 2.82. The lowest BCUT2D eigenvalue weighted by molar-refractivity contribution is -0.122. The second kappa shape index (κ2) is 8.98. The summed E-state index contributed by atoms with van der Waals surface area (Å²) in [6.45, 7) is 3.32. The van der Waals surface area contributed by atoms with Crippen LogP contribution in [-0.4, -0.2) is 37.6 Å². The van der Waals surface area contributed by atoms with E-state index in [1.54, 1.807) is 0 Å². The van der Waals surface area contributed by atoms with Crippen LogP contribution in [0.15, 0.2) is 48.5 Å². The van der Waals surface area contributed by atoms with Gasteiger partial charge in [-0.25, -0.2) is 4.68 Å². The van der Waals surface area contributed by atoms with E-state index in [9.17, 15) is 4.79 Å². The summed E-state index contributed by atoms with van der Waals surface area (Å²) in [6.07, 6.45) is 4.29. The summed E-state index contributed by atoms with van der Waals surface area (Å²) in [6, 6.07) is 17.2. The van der Waals surface area contributed by atoms with Crippen LogP contribution in [0.5, 0.6) is 0 Å². The molecule has 7 nitrogen and oxygen atoms in total. The van der Waals surface area contributed by atoms with Crippen LogP contribution < -0.4 is 5.32 Å². The number of rotatable bonds is 7. The summed E-state index contributed by atoms with van der Waals surface area (Å²) in [5.74, 6) is 0.966. The van der Waals surface area contributed by atoms with Gasteiger partial charge in [0.15, 0.2) is 5.82 Å². The van der Waals surface area contributed by atoms with Gasteiger partial charge >= 0.3 is 0 Å². The number of benzene rings is 2. The molecule has 1 unspecified atom stereocenters. The first-order valence-electron chi connectivity index (χ1n) is 11.2. The monoisotopic (exact) mass is 416 g/mol. The average molecular weight is 417 g/mol. The fourth-order valence-electron chi connectivity index (χ4n) is 4.76. The standard InChI is InChI=1S/C24H28N6O/c31-24(25-22-12-11-19-7-3-4-9-21(19)22)10-5-14-30-23(26-27-28-30)17-29-15-13-18-6-1-2-8-20(18)16-29/h1-4,6-9,22H,5,10-17H2,(H,25,31). The fourth-order valence-corrected chi connectivity index (χ4v) is 4.76. The quantitative estimate of drug-likeness (QED) is 0.641. The van der Waals surface area contributed by atoms with E-state index in [2.05, 4.69) is 68.2 Å². The summed E-state index contributed by atoms with van der Waals surface area (Å²) in [7, 11) is 0. The first kappa shape index (κ1) is 19.9. The maximum absolute atomic E-state index is 12.5. The van der Waals surface area contributed by atoms with E-state index in [4.69, 9.17) is 0 Å². The third-order valence-electron chi connectivity index (χ3n) is 6.42.